The van der Waals surface area contributed by atoms with Gasteiger partial charge in [0.1, 0.15) is 9.88 Å². The lowest BCUT2D eigenvalue weighted by Gasteiger charge is -2.23. The first kappa shape index (κ1) is 22.7. The van der Waals surface area contributed by atoms with Crippen LogP contribution in [0.2, 0.25) is 10.0 Å². The van der Waals surface area contributed by atoms with E-state index in [2.05, 4.69) is 14.9 Å². The van der Waals surface area contributed by atoms with Crippen LogP contribution < -0.4 is 0 Å². The molecule has 0 spiro atoms. The van der Waals surface area contributed by atoms with E-state index in [1.807, 2.05) is 56.3 Å². The number of carbonyl (C=O) groups excluding carboxylic acids is 1. The monoisotopic (exact) mass is 462 g/mol. The van der Waals surface area contributed by atoms with Crippen LogP contribution in [0.3, 0.4) is 0 Å². The summed E-state index contributed by atoms with van der Waals surface area (Å²) in [7, 11) is 4.05. The average molecular weight is 463 g/mol. The molecule has 0 radical (unpaired) electrons. The predicted molar refractivity (Wildman–Crippen MR) is 124 cm³/mol. The van der Waals surface area contributed by atoms with Gasteiger partial charge in [0.2, 0.25) is 0 Å². The minimum atomic E-state index is -0.0305. The van der Waals surface area contributed by atoms with Crippen molar-refractivity contribution >= 4 is 40.4 Å². The van der Waals surface area contributed by atoms with Crippen LogP contribution >= 0.6 is 34.5 Å². The second-order valence-corrected chi connectivity index (χ2v) is 9.09. The van der Waals surface area contributed by atoms with E-state index in [1.54, 1.807) is 12.3 Å². The fourth-order valence-corrected chi connectivity index (χ4v) is 4.36. The highest BCUT2D eigenvalue weighted by Crippen LogP contribution is 2.29. The summed E-state index contributed by atoms with van der Waals surface area (Å²) in [5, 5.41) is 1.74. The number of nitrogens with zero attached hydrogens (tertiary/aromatic N) is 4. The third kappa shape index (κ3) is 5.79. The second kappa shape index (κ2) is 10.4. The molecule has 0 saturated heterocycles. The molecule has 0 aliphatic heterocycles. The Kier molecular flexibility index (Phi) is 7.83. The number of pyridine rings is 1. The van der Waals surface area contributed by atoms with Gasteiger partial charge in [-0.2, -0.15) is 0 Å². The molecule has 2 heterocycles. The molecule has 158 valence electrons. The lowest BCUT2D eigenvalue weighted by atomic mass is 10.2. The molecular formula is C22H24Cl2N4OS. The molecule has 0 aliphatic rings. The number of aromatic nitrogens is 2. The Morgan fingerprint density at radius 2 is 1.90 bits per heavy atom. The Labute approximate surface area is 191 Å². The first-order chi connectivity index (χ1) is 14.3. The SMILES string of the molecule is Cc1nc(-c2ccccn2)sc1C(=O)N(CCCN(C)C)Cc1ccc(Cl)c(Cl)c1. The normalized spacial score (nSPS) is 11.1. The molecule has 2 aromatic heterocycles. The molecule has 5 nitrogen and oxygen atoms in total. The first-order valence-electron chi connectivity index (χ1n) is 9.62. The molecule has 0 atom stereocenters. The number of hydrogen-bond acceptors (Lipinski definition) is 5. The fourth-order valence-electron chi connectivity index (χ4n) is 3.03. The summed E-state index contributed by atoms with van der Waals surface area (Å²) in [6.45, 7) is 3.85. The van der Waals surface area contributed by atoms with Crippen molar-refractivity contribution < 1.29 is 4.79 Å². The zero-order valence-electron chi connectivity index (χ0n) is 17.2. The van der Waals surface area contributed by atoms with E-state index in [4.69, 9.17) is 23.2 Å². The maximum Gasteiger partial charge on any atom is 0.266 e. The minimum Gasteiger partial charge on any atom is -0.334 e. The number of amides is 1. The Morgan fingerprint density at radius 1 is 1.10 bits per heavy atom. The summed E-state index contributed by atoms with van der Waals surface area (Å²) in [5.41, 5.74) is 2.43. The average Bonchev–Trinajstić information content (AvgIpc) is 3.11. The third-order valence-electron chi connectivity index (χ3n) is 4.55. The van der Waals surface area contributed by atoms with Crippen molar-refractivity contribution in [3.63, 3.8) is 0 Å². The van der Waals surface area contributed by atoms with Crippen molar-refractivity contribution in [1.82, 2.24) is 19.8 Å². The van der Waals surface area contributed by atoms with Crippen LogP contribution in [0, 0.1) is 6.92 Å². The second-order valence-electron chi connectivity index (χ2n) is 7.28. The molecule has 8 heteroatoms. The highest BCUT2D eigenvalue weighted by molar-refractivity contribution is 7.17. The molecular weight excluding hydrogens is 439 g/mol. The Bertz CT molecular complexity index is 1010. The van der Waals surface area contributed by atoms with Crippen molar-refractivity contribution in [3.8, 4) is 10.7 Å². The van der Waals surface area contributed by atoms with Gasteiger partial charge in [-0.25, -0.2) is 4.98 Å². The summed E-state index contributed by atoms with van der Waals surface area (Å²) in [6, 6.07) is 11.2. The maximum absolute atomic E-state index is 13.4. The van der Waals surface area contributed by atoms with Crippen LogP contribution in [0.4, 0.5) is 0 Å². The molecule has 0 bridgehead atoms. The Balaban J connectivity index is 1.85. The van der Waals surface area contributed by atoms with Gasteiger partial charge in [-0.1, -0.05) is 35.3 Å². The van der Waals surface area contributed by atoms with Crippen LogP contribution in [0.5, 0.6) is 0 Å². The molecule has 3 aromatic rings. The number of thiazole rings is 1. The maximum atomic E-state index is 13.4. The molecule has 1 aromatic carbocycles. The Hall–Kier alpha value is -1.99. The highest BCUT2D eigenvalue weighted by atomic mass is 35.5. The van der Waals surface area contributed by atoms with Gasteiger partial charge in [0, 0.05) is 19.3 Å². The van der Waals surface area contributed by atoms with Crippen molar-refractivity contribution in [1.29, 1.82) is 0 Å². The van der Waals surface area contributed by atoms with E-state index in [0.717, 1.165) is 34.9 Å². The van der Waals surface area contributed by atoms with Crippen LogP contribution in [-0.2, 0) is 6.54 Å². The van der Waals surface area contributed by atoms with E-state index >= 15 is 0 Å². The zero-order valence-corrected chi connectivity index (χ0v) is 19.6. The summed E-state index contributed by atoms with van der Waals surface area (Å²) in [5.74, 6) is -0.0305. The van der Waals surface area contributed by atoms with Gasteiger partial charge >= 0.3 is 0 Å². The largest absolute Gasteiger partial charge is 0.334 e. The van der Waals surface area contributed by atoms with Crippen molar-refractivity contribution in [2.75, 3.05) is 27.2 Å². The van der Waals surface area contributed by atoms with E-state index in [1.165, 1.54) is 11.3 Å². The molecule has 0 saturated carbocycles. The molecule has 0 unspecified atom stereocenters. The minimum absolute atomic E-state index is 0.0305. The summed E-state index contributed by atoms with van der Waals surface area (Å²) in [4.78, 5) is 27.0. The molecule has 0 N–H and O–H groups in total. The molecule has 1 amide bonds. The lowest BCUT2D eigenvalue weighted by Crippen LogP contribution is -2.33. The van der Waals surface area contributed by atoms with Gasteiger partial charge in [0.15, 0.2) is 0 Å². The number of carbonyl (C=O) groups is 1. The smallest absolute Gasteiger partial charge is 0.266 e. The van der Waals surface area contributed by atoms with E-state index in [-0.39, 0.29) is 5.91 Å². The number of aryl methyl sites for hydroxylation is 1. The zero-order chi connectivity index (χ0) is 21.7. The Morgan fingerprint density at radius 3 is 2.57 bits per heavy atom. The topological polar surface area (TPSA) is 49.3 Å². The van der Waals surface area contributed by atoms with Gasteiger partial charge < -0.3 is 9.80 Å². The molecule has 0 aliphatic carbocycles. The van der Waals surface area contributed by atoms with Gasteiger partial charge in [0.05, 0.1) is 21.4 Å². The molecule has 0 fully saturated rings. The van der Waals surface area contributed by atoms with Crippen molar-refractivity contribution in [2.45, 2.75) is 19.9 Å². The highest BCUT2D eigenvalue weighted by Gasteiger charge is 2.22. The van der Waals surface area contributed by atoms with E-state index in [9.17, 15) is 4.79 Å². The number of benzene rings is 1. The van der Waals surface area contributed by atoms with Crippen LogP contribution in [0.1, 0.15) is 27.3 Å². The number of halogens is 2. The van der Waals surface area contributed by atoms with Gasteiger partial charge in [-0.05, 0) is 63.8 Å². The quantitative estimate of drug-likeness (QED) is 0.448. The first-order valence-corrected chi connectivity index (χ1v) is 11.2. The van der Waals surface area contributed by atoms with Crippen molar-refractivity contribution in [2.24, 2.45) is 0 Å². The third-order valence-corrected chi connectivity index (χ3v) is 6.46. The lowest BCUT2D eigenvalue weighted by molar-refractivity contribution is 0.0741. The van der Waals surface area contributed by atoms with Gasteiger partial charge in [0.25, 0.3) is 5.91 Å². The number of rotatable bonds is 8. The van der Waals surface area contributed by atoms with E-state index in [0.29, 0.717) is 28.0 Å². The van der Waals surface area contributed by atoms with Crippen LogP contribution in [0.15, 0.2) is 42.6 Å². The number of hydrogen-bond donors (Lipinski definition) is 0. The van der Waals surface area contributed by atoms with Crippen LogP contribution in [-0.4, -0.2) is 52.9 Å². The van der Waals surface area contributed by atoms with Crippen molar-refractivity contribution in [3.05, 3.63) is 68.8 Å². The standard InChI is InChI=1S/C22H24Cl2N4OS/c1-15-20(30-21(26-15)19-7-4-5-10-25-19)22(29)28(12-6-11-27(2)3)14-16-8-9-17(23)18(24)13-16/h4-5,7-10,13H,6,11-12,14H2,1-3H3. The van der Waals surface area contributed by atoms with E-state index < -0.39 is 0 Å². The molecule has 30 heavy (non-hydrogen) atoms. The molecule has 3 rings (SSSR count). The van der Waals surface area contributed by atoms with Gasteiger partial charge in [-0.3, -0.25) is 9.78 Å². The predicted octanol–water partition coefficient (Wildman–Crippen LogP) is 5.41. The summed E-state index contributed by atoms with van der Waals surface area (Å²) >= 11 is 13.6. The summed E-state index contributed by atoms with van der Waals surface area (Å²) < 4.78 is 0. The van der Waals surface area contributed by atoms with Crippen LogP contribution in [0.25, 0.3) is 10.7 Å². The fraction of sp³-hybridized carbons (Fsp3) is 0.318. The summed E-state index contributed by atoms with van der Waals surface area (Å²) in [6.07, 6.45) is 2.59. The van der Waals surface area contributed by atoms with Gasteiger partial charge in [-0.15, -0.1) is 11.3 Å².